The van der Waals surface area contributed by atoms with Crippen LogP contribution in [0.4, 0.5) is 0 Å². The van der Waals surface area contributed by atoms with Gasteiger partial charge in [-0.2, -0.15) is 0 Å². The molecule has 0 saturated carbocycles. The molecule has 0 radical (unpaired) electrons. The molecule has 0 aromatic rings. The number of rotatable bonds is 16. The van der Waals surface area contributed by atoms with Crippen molar-refractivity contribution < 1.29 is 0 Å². The molecule has 0 bridgehead atoms. The summed E-state index contributed by atoms with van der Waals surface area (Å²) in [5.41, 5.74) is 0. The summed E-state index contributed by atoms with van der Waals surface area (Å²) in [6.07, 6.45) is 16.3. The van der Waals surface area contributed by atoms with Crippen LogP contribution in [0.1, 0.15) is 96.3 Å². The first-order valence-electron chi connectivity index (χ1n) is 9.91. The number of alkyl halides is 8. The molecule has 0 spiro atoms. The summed E-state index contributed by atoms with van der Waals surface area (Å²) in [6, 6.07) is 0. The van der Waals surface area contributed by atoms with Crippen LogP contribution in [0.3, 0.4) is 0 Å². The molecule has 0 fully saturated rings. The van der Waals surface area contributed by atoms with Crippen molar-refractivity contribution in [2.24, 2.45) is 0 Å². The van der Waals surface area contributed by atoms with Crippen LogP contribution in [0.25, 0.3) is 0 Å². The van der Waals surface area contributed by atoms with E-state index in [4.69, 9.17) is 92.8 Å². The number of halogens is 8. The van der Waals surface area contributed by atoms with Crippen LogP contribution in [-0.4, -0.2) is 18.3 Å². The molecule has 8 heteroatoms. The maximum atomic E-state index is 6.17. The van der Waals surface area contributed by atoms with Crippen LogP contribution >= 0.6 is 92.8 Å². The van der Waals surface area contributed by atoms with Crippen molar-refractivity contribution in [3.63, 3.8) is 0 Å². The van der Waals surface area contributed by atoms with E-state index in [1.54, 1.807) is 0 Å². The summed E-state index contributed by atoms with van der Waals surface area (Å²) in [5, 5.41) is -0.0946. The monoisotopic (exact) mass is 540 g/mol. The second kappa shape index (κ2) is 16.9. The Labute approximate surface area is 206 Å². The Morgan fingerprint density at radius 1 is 0.407 bits per heavy atom. The van der Waals surface area contributed by atoms with Crippen molar-refractivity contribution in [2.75, 3.05) is 0 Å². The van der Waals surface area contributed by atoms with Gasteiger partial charge in [0.25, 0.3) is 0 Å². The van der Waals surface area contributed by atoms with Crippen LogP contribution in [0.5, 0.6) is 0 Å². The van der Waals surface area contributed by atoms with Crippen molar-refractivity contribution >= 4 is 92.8 Å². The summed E-state index contributed by atoms with van der Waals surface area (Å²) < 4.78 is -2.47. The molecule has 0 rings (SSSR count). The summed E-state index contributed by atoms with van der Waals surface area (Å²) >= 11 is 46.8. The predicted octanol–water partition coefficient (Wildman–Crippen LogP) is 10.8. The summed E-state index contributed by atoms with van der Waals surface area (Å²) in [6.45, 7) is 0. The first-order chi connectivity index (χ1) is 12.5. The maximum absolute atomic E-state index is 6.17. The van der Waals surface area contributed by atoms with Crippen LogP contribution < -0.4 is 0 Å². The molecule has 2 unspecified atom stereocenters. The van der Waals surface area contributed by atoms with E-state index in [9.17, 15) is 0 Å². The van der Waals surface area contributed by atoms with Gasteiger partial charge >= 0.3 is 0 Å². The second-order valence-corrected chi connectivity index (χ2v) is 13.6. The highest BCUT2D eigenvalue weighted by molar-refractivity contribution is 6.68. The van der Waals surface area contributed by atoms with E-state index in [1.165, 1.54) is 57.8 Å². The highest BCUT2D eigenvalue weighted by Crippen LogP contribution is 2.35. The Balaban J connectivity index is 3.28. The smallest absolute Gasteiger partial charge is 0.123 e. The molecule has 164 valence electrons. The van der Waals surface area contributed by atoms with Crippen LogP contribution in [0.2, 0.25) is 0 Å². The molecule has 0 aliphatic heterocycles. The Kier molecular flexibility index (Phi) is 18.4. The van der Waals surface area contributed by atoms with E-state index < -0.39 is 7.59 Å². The summed E-state index contributed by atoms with van der Waals surface area (Å²) in [4.78, 5) is 0. The van der Waals surface area contributed by atoms with E-state index in [1.807, 2.05) is 0 Å². The van der Waals surface area contributed by atoms with Crippen molar-refractivity contribution in [3.8, 4) is 0 Å². The zero-order chi connectivity index (χ0) is 20.8. The molecule has 0 N–H and O–H groups in total. The molecule has 0 aliphatic carbocycles. The standard InChI is InChI=1S/C19H32Cl8/c20-16(14-18(22,23)24)12-10-8-6-4-2-1-3-5-7-9-11-13-17(21)15-19(25,26)27/h16-17H,1-15H2. The minimum atomic E-state index is -1.23. The van der Waals surface area contributed by atoms with Gasteiger partial charge in [-0.25, -0.2) is 0 Å². The minimum absolute atomic E-state index is 0.0473. The Bertz CT molecular complexity index is 306. The van der Waals surface area contributed by atoms with Gasteiger partial charge in [-0.1, -0.05) is 140 Å². The Hall–Kier alpha value is 2.32. The zero-order valence-corrected chi connectivity index (χ0v) is 21.8. The first-order valence-corrected chi connectivity index (χ1v) is 13.1. The lowest BCUT2D eigenvalue weighted by Gasteiger charge is -2.15. The highest BCUT2D eigenvalue weighted by atomic mass is 35.6. The van der Waals surface area contributed by atoms with E-state index in [0.717, 1.165) is 25.7 Å². The fraction of sp³-hybridized carbons (Fsp3) is 1.00. The highest BCUT2D eigenvalue weighted by Gasteiger charge is 2.24. The summed E-state index contributed by atoms with van der Waals surface area (Å²) in [7, 11) is 0. The largest absolute Gasteiger partial charge is 0.192 e. The fourth-order valence-corrected chi connectivity index (χ4v) is 5.39. The van der Waals surface area contributed by atoms with Gasteiger partial charge in [0.05, 0.1) is 0 Å². The molecule has 2 atom stereocenters. The van der Waals surface area contributed by atoms with Crippen molar-refractivity contribution in [2.45, 2.75) is 115 Å². The lowest BCUT2D eigenvalue weighted by Crippen LogP contribution is -2.11. The van der Waals surface area contributed by atoms with Gasteiger partial charge in [0.15, 0.2) is 7.59 Å². The van der Waals surface area contributed by atoms with Crippen LogP contribution in [0.15, 0.2) is 0 Å². The molecule has 0 aliphatic rings. The molecular formula is C19H32Cl8. The second-order valence-electron chi connectivity index (χ2n) is 7.30. The molecule has 0 saturated heterocycles. The molecule has 0 aromatic heterocycles. The number of hydrogen-bond acceptors (Lipinski definition) is 0. The van der Waals surface area contributed by atoms with E-state index in [0.29, 0.717) is 12.8 Å². The Morgan fingerprint density at radius 2 is 0.630 bits per heavy atom. The predicted molar refractivity (Wildman–Crippen MR) is 129 cm³/mol. The van der Waals surface area contributed by atoms with Gasteiger partial charge in [0.2, 0.25) is 0 Å². The van der Waals surface area contributed by atoms with Gasteiger partial charge < -0.3 is 0 Å². The number of unbranched alkanes of at least 4 members (excludes halogenated alkanes) is 10. The maximum Gasteiger partial charge on any atom is 0.192 e. The average Bonchev–Trinajstić information content (AvgIpc) is 2.48. The lowest BCUT2D eigenvalue weighted by atomic mass is 10.0. The van der Waals surface area contributed by atoms with Gasteiger partial charge in [0, 0.05) is 23.6 Å². The van der Waals surface area contributed by atoms with Crippen molar-refractivity contribution in [1.82, 2.24) is 0 Å². The molecule has 0 heterocycles. The number of hydrogen-bond donors (Lipinski definition) is 0. The van der Waals surface area contributed by atoms with E-state index in [-0.39, 0.29) is 10.8 Å². The fourth-order valence-electron chi connectivity index (χ4n) is 3.03. The van der Waals surface area contributed by atoms with E-state index >= 15 is 0 Å². The third-order valence-electron chi connectivity index (χ3n) is 4.44. The topological polar surface area (TPSA) is 0 Å². The normalized spacial score (nSPS) is 15.1. The van der Waals surface area contributed by atoms with Crippen LogP contribution in [-0.2, 0) is 0 Å². The van der Waals surface area contributed by atoms with Gasteiger partial charge in [0.1, 0.15) is 0 Å². The quantitative estimate of drug-likeness (QED) is 0.134. The lowest BCUT2D eigenvalue weighted by molar-refractivity contribution is 0.528. The first kappa shape index (κ1) is 29.3. The van der Waals surface area contributed by atoms with Crippen LogP contribution in [0, 0.1) is 0 Å². The Morgan fingerprint density at radius 3 is 0.852 bits per heavy atom. The van der Waals surface area contributed by atoms with Gasteiger partial charge in [-0.05, 0) is 12.8 Å². The molecular weight excluding hydrogens is 512 g/mol. The molecule has 0 amide bonds. The average molecular weight is 544 g/mol. The van der Waals surface area contributed by atoms with Gasteiger partial charge in [-0.3, -0.25) is 0 Å². The van der Waals surface area contributed by atoms with Crippen molar-refractivity contribution in [1.29, 1.82) is 0 Å². The molecule has 27 heavy (non-hydrogen) atoms. The van der Waals surface area contributed by atoms with Crippen molar-refractivity contribution in [3.05, 3.63) is 0 Å². The van der Waals surface area contributed by atoms with E-state index in [2.05, 4.69) is 0 Å². The molecule has 0 nitrogen and oxygen atoms in total. The summed E-state index contributed by atoms with van der Waals surface area (Å²) in [5.74, 6) is 0. The zero-order valence-electron chi connectivity index (χ0n) is 15.8. The third-order valence-corrected chi connectivity index (χ3v) is 6.11. The third kappa shape index (κ3) is 24.5. The minimum Gasteiger partial charge on any atom is -0.123 e. The SMILES string of the molecule is ClC(CCCCCCCCCCCCCC(Cl)CC(Cl)(Cl)Cl)CC(Cl)(Cl)Cl. The van der Waals surface area contributed by atoms with Gasteiger partial charge in [-0.15, -0.1) is 23.2 Å². The molecule has 0 aromatic carbocycles.